The van der Waals surface area contributed by atoms with Gasteiger partial charge in [-0.05, 0) is 25.1 Å². The predicted octanol–water partition coefficient (Wildman–Crippen LogP) is 2.20. The Morgan fingerprint density at radius 3 is 2.88 bits per heavy atom. The van der Waals surface area contributed by atoms with Gasteiger partial charge in [-0.3, -0.25) is 0 Å². The second-order valence-electron chi connectivity index (χ2n) is 3.77. The fourth-order valence-electron chi connectivity index (χ4n) is 1.63. The molecule has 2 aromatic rings. The van der Waals surface area contributed by atoms with Crippen LogP contribution in [0.15, 0.2) is 35.1 Å². The Hall–Kier alpha value is -1.97. The number of hydrogen-bond acceptors (Lipinski definition) is 4. The van der Waals surface area contributed by atoms with Gasteiger partial charge in [0.15, 0.2) is 5.82 Å². The average molecular weight is 217 g/mol. The van der Waals surface area contributed by atoms with Crippen LogP contribution in [-0.4, -0.2) is 12.0 Å². The number of hydrogen-bond donors (Lipinski definition) is 1. The maximum absolute atomic E-state index is 5.86. The molecule has 0 saturated heterocycles. The molecule has 4 heteroatoms. The minimum atomic E-state index is 0.686. The van der Waals surface area contributed by atoms with Crippen molar-refractivity contribution >= 4 is 11.5 Å². The van der Waals surface area contributed by atoms with Gasteiger partial charge < -0.3 is 15.1 Å². The molecule has 0 fully saturated rings. The molecule has 0 unspecified atom stereocenters. The van der Waals surface area contributed by atoms with E-state index in [-0.39, 0.29) is 0 Å². The smallest absolute Gasteiger partial charge is 0.151 e. The summed E-state index contributed by atoms with van der Waals surface area (Å²) < 4.78 is 5.25. The van der Waals surface area contributed by atoms with Crippen LogP contribution in [0.3, 0.4) is 0 Å². The fourth-order valence-corrected chi connectivity index (χ4v) is 1.63. The van der Waals surface area contributed by atoms with E-state index >= 15 is 0 Å². The first-order valence-electron chi connectivity index (χ1n) is 5.13. The Morgan fingerprint density at radius 2 is 2.25 bits per heavy atom. The van der Waals surface area contributed by atoms with Crippen molar-refractivity contribution in [2.45, 2.75) is 13.5 Å². The van der Waals surface area contributed by atoms with Gasteiger partial charge in [0, 0.05) is 25.4 Å². The summed E-state index contributed by atoms with van der Waals surface area (Å²) >= 11 is 0. The van der Waals surface area contributed by atoms with Crippen LogP contribution >= 0.6 is 0 Å². The molecule has 0 radical (unpaired) electrons. The lowest BCUT2D eigenvalue weighted by atomic mass is 10.2. The van der Waals surface area contributed by atoms with Crippen LogP contribution in [0.4, 0.5) is 11.5 Å². The fraction of sp³-hybridized carbons (Fsp3) is 0.250. The molecule has 84 valence electrons. The van der Waals surface area contributed by atoms with Crippen LogP contribution in [0, 0.1) is 6.92 Å². The zero-order valence-corrected chi connectivity index (χ0v) is 9.47. The van der Waals surface area contributed by atoms with E-state index in [0.29, 0.717) is 5.69 Å². The molecule has 16 heavy (non-hydrogen) atoms. The molecule has 0 aliphatic carbocycles. The molecule has 4 nitrogen and oxygen atoms in total. The van der Waals surface area contributed by atoms with Crippen molar-refractivity contribution in [3.05, 3.63) is 42.0 Å². The first-order chi connectivity index (χ1) is 7.68. The number of furan rings is 1. The third kappa shape index (κ3) is 2.00. The number of pyridine rings is 1. The average Bonchev–Trinajstić information content (AvgIpc) is 2.65. The molecule has 0 aliphatic rings. The summed E-state index contributed by atoms with van der Waals surface area (Å²) in [5.41, 5.74) is 7.69. The predicted molar refractivity (Wildman–Crippen MR) is 64.2 cm³/mol. The summed E-state index contributed by atoms with van der Waals surface area (Å²) in [4.78, 5) is 6.27. The minimum Gasteiger partial charge on any atom is -0.469 e. The van der Waals surface area contributed by atoms with E-state index in [1.165, 1.54) is 0 Å². The number of nitrogen functional groups attached to an aromatic ring is 1. The van der Waals surface area contributed by atoms with Crippen molar-refractivity contribution in [3.63, 3.8) is 0 Å². The third-order valence-corrected chi connectivity index (χ3v) is 2.55. The van der Waals surface area contributed by atoms with E-state index in [1.54, 1.807) is 12.5 Å². The van der Waals surface area contributed by atoms with Gasteiger partial charge >= 0.3 is 0 Å². The second-order valence-corrected chi connectivity index (χ2v) is 3.77. The maximum Gasteiger partial charge on any atom is 0.151 e. The van der Waals surface area contributed by atoms with E-state index in [9.17, 15) is 0 Å². The Morgan fingerprint density at radius 1 is 1.44 bits per heavy atom. The van der Waals surface area contributed by atoms with Crippen LogP contribution < -0.4 is 10.6 Å². The highest BCUT2D eigenvalue weighted by Crippen LogP contribution is 2.20. The monoisotopic (exact) mass is 217 g/mol. The van der Waals surface area contributed by atoms with E-state index in [0.717, 1.165) is 23.7 Å². The number of aryl methyl sites for hydroxylation is 1. The summed E-state index contributed by atoms with van der Waals surface area (Å²) in [6.07, 6.45) is 3.44. The van der Waals surface area contributed by atoms with Crippen molar-refractivity contribution < 1.29 is 4.42 Å². The summed E-state index contributed by atoms with van der Waals surface area (Å²) in [6.45, 7) is 2.69. The van der Waals surface area contributed by atoms with Gasteiger partial charge in [0.1, 0.15) is 5.76 Å². The number of nitrogens with two attached hydrogens (primary N) is 1. The van der Waals surface area contributed by atoms with Gasteiger partial charge in [0.25, 0.3) is 0 Å². The number of aromatic nitrogens is 1. The molecular weight excluding hydrogens is 202 g/mol. The van der Waals surface area contributed by atoms with E-state index < -0.39 is 0 Å². The quantitative estimate of drug-likeness (QED) is 0.856. The largest absolute Gasteiger partial charge is 0.469 e. The molecule has 0 aromatic carbocycles. The zero-order valence-electron chi connectivity index (χ0n) is 9.47. The molecular formula is C12H15N3O. The minimum absolute atomic E-state index is 0.686. The van der Waals surface area contributed by atoms with E-state index in [1.807, 2.05) is 37.1 Å². The van der Waals surface area contributed by atoms with Gasteiger partial charge in [0.2, 0.25) is 0 Å². The highest BCUT2D eigenvalue weighted by Gasteiger charge is 2.09. The van der Waals surface area contributed by atoms with Crippen molar-refractivity contribution in [1.29, 1.82) is 0 Å². The molecule has 2 heterocycles. The third-order valence-electron chi connectivity index (χ3n) is 2.55. The Bertz CT molecular complexity index is 479. The summed E-state index contributed by atoms with van der Waals surface area (Å²) in [5, 5.41) is 0. The molecule has 2 rings (SSSR count). The number of anilines is 2. The molecule has 0 atom stereocenters. The lowest BCUT2D eigenvalue weighted by Gasteiger charge is -2.19. The van der Waals surface area contributed by atoms with Crippen LogP contribution in [0.25, 0.3) is 0 Å². The molecule has 2 N–H and O–H groups in total. The van der Waals surface area contributed by atoms with Crippen LogP contribution in [-0.2, 0) is 6.54 Å². The van der Waals surface area contributed by atoms with Crippen LogP contribution in [0.2, 0.25) is 0 Å². The zero-order chi connectivity index (χ0) is 11.5. The topological polar surface area (TPSA) is 55.3 Å². The Balaban J connectivity index is 2.18. The maximum atomic E-state index is 5.86. The van der Waals surface area contributed by atoms with Crippen molar-refractivity contribution in [1.82, 2.24) is 4.98 Å². The van der Waals surface area contributed by atoms with Crippen molar-refractivity contribution in [2.24, 2.45) is 0 Å². The van der Waals surface area contributed by atoms with E-state index in [4.69, 9.17) is 10.2 Å². The molecule has 0 saturated carbocycles. The van der Waals surface area contributed by atoms with Crippen LogP contribution in [0.5, 0.6) is 0 Å². The number of rotatable bonds is 3. The molecule has 0 aliphatic heterocycles. The summed E-state index contributed by atoms with van der Waals surface area (Å²) in [5.74, 6) is 1.73. The summed E-state index contributed by atoms with van der Waals surface area (Å²) in [7, 11) is 1.96. The van der Waals surface area contributed by atoms with Crippen molar-refractivity contribution in [3.8, 4) is 0 Å². The van der Waals surface area contributed by atoms with Gasteiger partial charge in [-0.25, -0.2) is 4.98 Å². The standard InChI is InChI=1S/C12H15N3O/c1-9-10(5-7-16-9)8-15(2)12-11(13)4-3-6-14-12/h3-7H,8,13H2,1-2H3. The lowest BCUT2D eigenvalue weighted by Crippen LogP contribution is -2.19. The highest BCUT2D eigenvalue weighted by atomic mass is 16.3. The number of nitrogens with zero attached hydrogens (tertiary/aromatic N) is 2. The molecule has 0 spiro atoms. The van der Waals surface area contributed by atoms with Crippen molar-refractivity contribution in [2.75, 3.05) is 17.7 Å². The van der Waals surface area contributed by atoms with Gasteiger partial charge in [-0.1, -0.05) is 0 Å². The SMILES string of the molecule is Cc1occc1CN(C)c1ncccc1N. The lowest BCUT2D eigenvalue weighted by molar-refractivity contribution is 0.529. The first kappa shape index (κ1) is 10.5. The van der Waals surface area contributed by atoms with Gasteiger partial charge in [-0.2, -0.15) is 0 Å². The second kappa shape index (κ2) is 4.26. The van der Waals surface area contributed by atoms with Crippen LogP contribution in [0.1, 0.15) is 11.3 Å². The summed E-state index contributed by atoms with van der Waals surface area (Å²) in [6, 6.07) is 5.64. The Labute approximate surface area is 94.7 Å². The molecule has 0 bridgehead atoms. The van der Waals surface area contributed by atoms with Gasteiger partial charge in [0.05, 0.1) is 12.0 Å². The first-order valence-corrected chi connectivity index (χ1v) is 5.13. The van der Waals surface area contributed by atoms with Gasteiger partial charge in [-0.15, -0.1) is 0 Å². The Kier molecular flexibility index (Phi) is 2.81. The normalized spacial score (nSPS) is 10.4. The molecule has 2 aromatic heterocycles. The molecule has 0 amide bonds. The highest BCUT2D eigenvalue weighted by molar-refractivity contribution is 5.61. The van der Waals surface area contributed by atoms with E-state index in [2.05, 4.69) is 4.98 Å².